The molecule has 0 saturated carbocycles. The molecule has 0 bridgehead atoms. The second kappa shape index (κ2) is 6.61. The van der Waals surface area contributed by atoms with Crippen LogP contribution in [0.3, 0.4) is 0 Å². The van der Waals surface area contributed by atoms with Crippen molar-refractivity contribution in [1.29, 1.82) is 0 Å². The van der Waals surface area contributed by atoms with E-state index in [0.717, 1.165) is 16.8 Å². The highest BCUT2D eigenvalue weighted by atomic mass is 35.5. The fourth-order valence-electron chi connectivity index (χ4n) is 2.81. The number of halogens is 1. The predicted molar refractivity (Wildman–Crippen MR) is 104 cm³/mol. The summed E-state index contributed by atoms with van der Waals surface area (Å²) in [6, 6.07) is 12.7. The summed E-state index contributed by atoms with van der Waals surface area (Å²) in [5, 5.41) is 0.610. The fourth-order valence-corrected chi connectivity index (χ4v) is 2.99. The number of aryl methyl sites for hydroxylation is 1. The number of hydrogen-bond acceptors (Lipinski definition) is 3. The zero-order chi connectivity index (χ0) is 18.1. The van der Waals surface area contributed by atoms with Crippen molar-refractivity contribution < 1.29 is 0 Å². The summed E-state index contributed by atoms with van der Waals surface area (Å²) in [4.78, 5) is 21.4. The maximum Gasteiger partial charge on any atom is 0.273 e. The number of hydrogen-bond donors (Lipinski definition) is 0. The molecule has 0 fully saturated rings. The van der Waals surface area contributed by atoms with Crippen LogP contribution in [0.25, 0.3) is 23.5 Å². The lowest BCUT2D eigenvalue weighted by molar-refractivity contribution is 0.763. The van der Waals surface area contributed by atoms with E-state index in [0.29, 0.717) is 16.4 Å². The molecule has 0 aliphatic rings. The van der Waals surface area contributed by atoms with Crippen LogP contribution in [0, 0.1) is 6.92 Å². The minimum absolute atomic E-state index is 0.158. The molecule has 1 aromatic carbocycles. The zero-order valence-electron chi connectivity index (χ0n) is 14.0. The number of pyridine rings is 1. The highest BCUT2D eigenvalue weighted by molar-refractivity contribution is 6.30. The summed E-state index contributed by atoms with van der Waals surface area (Å²) >= 11 is 6.09. The number of fused-ring (bicyclic) bond motifs is 1. The lowest BCUT2D eigenvalue weighted by Gasteiger charge is -2.07. The summed E-state index contributed by atoms with van der Waals surface area (Å²) < 4.78 is 3.31. The minimum atomic E-state index is -0.158. The third-order valence-electron chi connectivity index (χ3n) is 4.00. The Morgan fingerprint density at radius 1 is 1.12 bits per heavy atom. The first-order valence-corrected chi connectivity index (χ1v) is 8.46. The number of nitrogens with zero attached hydrogens (tertiary/aromatic N) is 4. The van der Waals surface area contributed by atoms with Crippen LogP contribution in [0.1, 0.15) is 16.8 Å². The molecule has 0 spiro atoms. The van der Waals surface area contributed by atoms with Gasteiger partial charge in [0.25, 0.3) is 5.56 Å². The van der Waals surface area contributed by atoms with Gasteiger partial charge in [0.2, 0.25) is 0 Å². The first-order valence-electron chi connectivity index (χ1n) is 8.08. The van der Waals surface area contributed by atoms with Crippen molar-refractivity contribution in [2.75, 3.05) is 0 Å². The average molecular weight is 363 g/mol. The summed E-state index contributed by atoms with van der Waals surface area (Å²) in [5.74, 6) is 0. The Bertz CT molecular complexity index is 1180. The maximum absolute atomic E-state index is 12.7. The van der Waals surface area contributed by atoms with Crippen molar-refractivity contribution in [2.24, 2.45) is 0 Å². The van der Waals surface area contributed by atoms with Crippen LogP contribution in [0.15, 0.2) is 65.8 Å². The summed E-state index contributed by atoms with van der Waals surface area (Å²) in [6.45, 7) is 1.93. The van der Waals surface area contributed by atoms with Gasteiger partial charge in [0.1, 0.15) is 0 Å². The van der Waals surface area contributed by atoms with Gasteiger partial charge in [0, 0.05) is 35.2 Å². The van der Waals surface area contributed by atoms with Crippen LogP contribution in [0.5, 0.6) is 0 Å². The molecule has 0 aliphatic carbocycles. The van der Waals surface area contributed by atoms with Gasteiger partial charge in [-0.1, -0.05) is 29.8 Å². The molecule has 3 heterocycles. The van der Waals surface area contributed by atoms with Crippen molar-refractivity contribution in [3.05, 3.63) is 93.3 Å². The number of aromatic nitrogens is 4. The van der Waals surface area contributed by atoms with Crippen LogP contribution < -0.4 is 5.56 Å². The Labute approximate surface area is 154 Å². The van der Waals surface area contributed by atoms with Crippen molar-refractivity contribution in [3.63, 3.8) is 0 Å². The van der Waals surface area contributed by atoms with E-state index in [2.05, 4.69) is 9.97 Å². The Kier molecular flexibility index (Phi) is 4.14. The highest BCUT2D eigenvalue weighted by Crippen LogP contribution is 2.18. The van der Waals surface area contributed by atoms with E-state index < -0.39 is 0 Å². The molecule has 26 heavy (non-hydrogen) atoms. The average Bonchev–Trinajstić information content (AvgIpc) is 2.98. The molecular weight excluding hydrogens is 348 g/mol. The summed E-state index contributed by atoms with van der Waals surface area (Å²) in [5.41, 5.74) is 3.71. The summed E-state index contributed by atoms with van der Waals surface area (Å²) in [6.07, 6.45) is 9.05. The van der Waals surface area contributed by atoms with E-state index in [1.165, 1.54) is 6.07 Å². The van der Waals surface area contributed by atoms with E-state index >= 15 is 0 Å². The summed E-state index contributed by atoms with van der Waals surface area (Å²) in [7, 11) is 0. The molecular formula is C20H15ClN4O. The SMILES string of the molecule is Cc1cn(-c2cccc(Cl)c2)n2c(=O)cc(/C=C/c3cccnc3)nc12. The van der Waals surface area contributed by atoms with E-state index in [1.807, 2.05) is 55.6 Å². The van der Waals surface area contributed by atoms with Gasteiger partial charge in [-0.05, 0) is 42.8 Å². The molecule has 6 heteroatoms. The molecule has 0 unspecified atom stereocenters. The molecule has 3 aromatic heterocycles. The van der Waals surface area contributed by atoms with Crippen LogP contribution in [0.2, 0.25) is 5.02 Å². The Hall–Kier alpha value is -3.18. The molecule has 0 N–H and O–H groups in total. The van der Waals surface area contributed by atoms with Crippen molar-refractivity contribution >= 4 is 29.4 Å². The lowest BCUT2D eigenvalue weighted by Crippen LogP contribution is -2.20. The van der Waals surface area contributed by atoms with Crippen molar-refractivity contribution in [2.45, 2.75) is 6.92 Å². The second-order valence-corrected chi connectivity index (χ2v) is 6.35. The molecule has 0 saturated heterocycles. The van der Waals surface area contributed by atoms with E-state index in [9.17, 15) is 4.79 Å². The van der Waals surface area contributed by atoms with E-state index in [1.54, 1.807) is 27.7 Å². The number of benzene rings is 1. The minimum Gasteiger partial charge on any atom is -0.267 e. The Balaban J connectivity index is 1.83. The van der Waals surface area contributed by atoms with Gasteiger partial charge in [0.15, 0.2) is 5.65 Å². The van der Waals surface area contributed by atoms with Crippen LogP contribution >= 0.6 is 11.6 Å². The van der Waals surface area contributed by atoms with Gasteiger partial charge in [-0.2, -0.15) is 4.52 Å². The molecule has 128 valence electrons. The molecule has 0 radical (unpaired) electrons. The first-order chi connectivity index (χ1) is 12.6. The zero-order valence-corrected chi connectivity index (χ0v) is 14.8. The fraction of sp³-hybridized carbons (Fsp3) is 0.0500. The van der Waals surface area contributed by atoms with Crippen LogP contribution in [-0.2, 0) is 0 Å². The third kappa shape index (κ3) is 3.05. The highest BCUT2D eigenvalue weighted by Gasteiger charge is 2.11. The van der Waals surface area contributed by atoms with Gasteiger partial charge in [-0.25, -0.2) is 4.98 Å². The smallest absolute Gasteiger partial charge is 0.267 e. The monoisotopic (exact) mass is 362 g/mol. The largest absolute Gasteiger partial charge is 0.273 e. The molecule has 4 rings (SSSR count). The molecule has 0 amide bonds. The topological polar surface area (TPSA) is 52.2 Å². The second-order valence-electron chi connectivity index (χ2n) is 5.91. The van der Waals surface area contributed by atoms with Gasteiger partial charge in [0.05, 0.1) is 11.4 Å². The third-order valence-corrected chi connectivity index (χ3v) is 4.24. The van der Waals surface area contributed by atoms with Crippen LogP contribution in [-0.4, -0.2) is 19.2 Å². The van der Waals surface area contributed by atoms with Crippen molar-refractivity contribution in [1.82, 2.24) is 19.2 Å². The van der Waals surface area contributed by atoms with E-state index in [-0.39, 0.29) is 5.56 Å². The normalized spacial score (nSPS) is 11.5. The molecule has 4 aromatic rings. The Morgan fingerprint density at radius 3 is 2.77 bits per heavy atom. The van der Waals surface area contributed by atoms with Gasteiger partial charge < -0.3 is 0 Å². The van der Waals surface area contributed by atoms with E-state index in [4.69, 9.17) is 11.6 Å². The first kappa shape index (κ1) is 16.3. The maximum atomic E-state index is 12.7. The standard InChI is InChI=1S/C20H15ClN4O/c1-14-13-24(18-6-2-5-16(21)10-18)25-19(26)11-17(23-20(14)25)8-7-15-4-3-9-22-12-15/h2-13H,1H3/b8-7+. The van der Waals surface area contributed by atoms with Crippen molar-refractivity contribution in [3.8, 4) is 5.69 Å². The van der Waals surface area contributed by atoms with Gasteiger partial charge in [-0.3, -0.25) is 14.5 Å². The van der Waals surface area contributed by atoms with Gasteiger partial charge in [-0.15, -0.1) is 0 Å². The molecule has 5 nitrogen and oxygen atoms in total. The quantitative estimate of drug-likeness (QED) is 0.553. The number of rotatable bonds is 3. The lowest BCUT2D eigenvalue weighted by atomic mass is 10.2. The predicted octanol–water partition coefficient (Wildman–Crippen LogP) is 4.01. The van der Waals surface area contributed by atoms with Gasteiger partial charge >= 0.3 is 0 Å². The Morgan fingerprint density at radius 2 is 2.00 bits per heavy atom. The van der Waals surface area contributed by atoms with Crippen LogP contribution in [0.4, 0.5) is 0 Å². The molecule has 0 aliphatic heterocycles. The molecule has 0 atom stereocenters.